The van der Waals surface area contributed by atoms with Gasteiger partial charge in [0.05, 0.1) is 10.3 Å². The van der Waals surface area contributed by atoms with Crippen LogP contribution in [0.3, 0.4) is 0 Å². The van der Waals surface area contributed by atoms with Gasteiger partial charge in [-0.3, -0.25) is 14.9 Å². The topological polar surface area (TPSA) is 75.5 Å². The van der Waals surface area contributed by atoms with Crippen molar-refractivity contribution in [3.63, 3.8) is 0 Å². The van der Waals surface area contributed by atoms with Crippen molar-refractivity contribution in [3.05, 3.63) is 39.9 Å². The van der Waals surface area contributed by atoms with Crippen molar-refractivity contribution in [2.45, 2.75) is 38.5 Å². The number of nitrogens with one attached hydrogen (secondary N) is 1. The minimum atomic E-state index is -0.673. The van der Waals surface area contributed by atoms with Crippen LogP contribution in [-0.4, -0.2) is 41.9 Å². The second-order valence-electron chi connectivity index (χ2n) is 7.65. The summed E-state index contributed by atoms with van der Waals surface area (Å²) < 4.78 is 0. The first-order valence-corrected chi connectivity index (χ1v) is 8.59. The van der Waals surface area contributed by atoms with Gasteiger partial charge in [0.15, 0.2) is 0 Å². The molecule has 1 amide bonds. The lowest BCUT2D eigenvalue weighted by Gasteiger charge is -2.41. The molecule has 7 heteroatoms. The number of halogens is 1. The van der Waals surface area contributed by atoms with Crippen LogP contribution < -0.4 is 5.32 Å². The van der Waals surface area contributed by atoms with Crippen LogP contribution in [0.25, 0.3) is 0 Å². The number of piperidine rings is 1. The average Bonchev–Trinajstić information content (AvgIpc) is 3.03. The number of rotatable bonds is 3. The Labute approximate surface area is 154 Å². The zero-order valence-electron chi connectivity index (χ0n) is 14.8. The molecule has 0 radical (unpaired) electrons. The zero-order chi connectivity index (χ0) is 17.4. The van der Waals surface area contributed by atoms with Crippen molar-refractivity contribution in [1.82, 2.24) is 10.2 Å². The molecule has 138 valence electrons. The van der Waals surface area contributed by atoms with Gasteiger partial charge in [0.1, 0.15) is 0 Å². The Hall–Kier alpha value is -1.66. The first kappa shape index (κ1) is 19.7. The van der Waals surface area contributed by atoms with Gasteiger partial charge in [0.2, 0.25) is 5.91 Å². The van der Waals surface area contributed by atoms with E-state index < -0.39 is 10.3 Å². The third-order valence-electron chi connectivity index (χ3n) is 5.78. The van der Waals surface area contributed by atoms with E-state index >= 15 is 0 Å². The molecule has 0 unspecified atom stereocenters. The lowest BCUT2D eigenvalue weighted by atomic mass is 9.76. The number of benzene rings is 1. The second kappa shape index (κ2) is 7.30. The van der Waals surface area contributed by atoms with Crippen molar-refractivity contribution < 1.29 is 9.72 Å². The van der Waals surface area contributed by atoms with Gasteiger partial charge in [-0.05, 0) is 50.6 Å². The predicted octanol–water partition coefficient (Wildman–Crippen LogP) is 2.90. The fraction of sp³-hybridized carbons (Fsp3) is 0.611. The second-order valence-corrected chi connectivity index (χ2v) is 7.65. The highest BCUT2D eigenvalue weighted by atomic mass is 35.5. The molecule has 3 rings (SSSR count). The molecule has 1 N–H and O–H groups in total. The summed E-state index contributed by atoms with van der Waals surface area (Å²) >= 11 is 0. The number of hydrogen-bond donors (Lipinski definition) is 1. The number of amides is 1. The largest absolute Gasteiger partial charge is 0.342 e. The SMILES string of the molecule is CC(C)(C(=O)N1CCC2(CCNC2)CC1)c1ccc([N+](=O)[O-])cc1.Cl. The average molecular weight is 368 g/mol. The van der Waals surface area contributed by atoms with Crippen LogP contribution in [0, 0.1) is 15.5 Å². The molecule has 2 aliphatic rings. The number of carbonyl (C=O) groups is 1. The Morgan fingerprint density at radius 3 is 2.28 bits per heavy atom. The van der Waals surface area contributed by atoms with E-state index in [1.165, 1.54) is 18.6 Å². The summed E-state index contributed by atoms with van der Waals surface area (Å²) in [7, 11) is 0. The summed E-state index contributed by atoms with van der Waals surface area (Å²) in [5.74, 6) is 0.108. The van der Waals surface area contributed by atoms with E-state index in [4.69, 9.17) is 0 Å². The van der Waals surface area contributed by atoms with E-state index in [0.717, 1.165) is 44.6 Å². The minimum Gasteiger partial charge on any atom is -0.342 e. The molecule has 1 aromatic rings. The zero-order valence-corrected chi connectivity index (χ0v) is 15.6. The molecule has 6 nitrogen and oxygen atoms in total. The van der Waals surface area contributed by atoms with Crippen molar-refractivity contribution in [2.75, 3.05) is 26.2 Å². The number of non-ortho nitro benzene ring substituents is 1. The summed E-state index contributed by atoms with van der Waals surface area (Å²) in [4.78, 5) is 25.4. The molecule has 0 aromatic heterocycles. The monoisotopic (exact) mass is 367 g/mol. The Balaban J connectivity index is 0.00000225. The summed E-state index contributed by atoms with van der Waals surface area (Å²) in [5, 5.41) is 14.2. The van der Waals surface area contributed by atoms with Crippen LogP contribution >= 0.6 is 12.4 Å². The molecule has 2 heterocycles. The molecule has 2 saturated heterocycles. The number of nitro benzene ring substituents is 1. The molecular weight excluding hydrogens is 342 g/mol. The maximum atomic E-state index is 13.0. The van der Waals surface area contributed by atoms with Crippen molar-refractivity contribution in [3.8, 4) is 0 Å². The van der Waals surface area contributed by atoms with E-state index in [1.54, 1.807) is 12.1 Å². The minimum absolute atomic E-state index is 0. The molecule has 25 heavy (non-hydrogen) atoms. The predicted molar refractivity (Wildman–Crippen MR) is 99.1 cm³/mol. The van der Waals surface area contributed by atoms with Crippen LogP contribution in [0.15, 0.2) is 24.3 Å². The van der Waals surface area contributed by atoms with Crippen LogP contribution in [0.1, 0.15) is 38.7 Å². The molecule has 0 atom stereocenters. The van der Waals surface area contributed by atoms with E-state index in [0.29, 0.717) is 5.41 Å². The molecule has 2 aliphatic heterocycles. The Morgan fingerprint density at radius 2 is 1.80 bits per heavy atom. The lowest BCUT2D eigenvalue weighted by Crippen LogP contribution is -2.49. The van der Waals surface area contributed by atoms with Crippen molar-refractivity contribution >= 4 is 24.0 Å². The molecule has 0 saturated carbocycles. The normalized spacial score (nSPS) is 19.5. The van der Waals surface area contributed by atoms with Crippen LogP contribution in [-0.2, 0) is 10.2 Å². The molecule has 2 fully saturated rings. The molecule has 1 aromatic carbocycles. The van der Waals surface area contributed by atoms with Crippen LogP contribution in [0.4, 0.5) is 5.69 Å². The highest BCUT2D eigenvalue weighted by Gasteiger charge is 2.41. The van der Waals surface area contributed by atoms with E-state index in [-0.39, 0.29) is 24.0 Å². The van der Waals surface area contributed by atoms with Gasteiger partial charge in [-0.2, -0.15) is 0 Å². The van der Waals surface area contributed by atoms with E-state index in [1.807, 2.05) is 18.7 Å². The summed E-state index contributed by atoms with van der Waals surface area (Å²) in [6.07, 6.45) is 3.32. The first-order valence-electron chi connectivity index (χ1n) is 8.59. The standard InChI is InChI=1S/C18H25N3O3.ClH/c1-17(2,14-3-5-15(6-4-14)21(23)24)16(22)20-11-8-18(9-12-20)7-10-19-13-18;/h3-6,19H,7-13H2,1-2H3;1H. The summed E-state index contributed by atoms with van der Waals surface area (Å²) in [5.41, 5.74) is 0.582. The highest BCUT2D eigenvalue weighted by Crippen LogP contribution is 2.38. The Kier molecular flexibility index (Phi) is 5.74. The van der Waals surface area contributed by atoms with E-state index in [2.05, 4.69) is 5.32 Å². The van der Waals surface area contributed by atoms with Crippen LogP contribution in [0.5, 0.6) is 0 Å². The number of hydrogen-bond acceptors (Lipinski definition) is 4. The third-order valence-corrected chi connectivity index (χ3v) is 5.78. The fourth-order valence-corrected chi connectivity index (χ4v) is 3.92. The molecule has 1 spiro atoms. The van der Waals surface area contributed by atoms with Gasteiger partial charge in [-0.1, -0.05) is 12.1 Å². The molecule has 0 bridgehead atoms. The maximum Gasteiger partial charge on any atom is 0.269 e. The van der Waals surface area contributed by atoms with Gasteiger partial charge < -0.3 is 10.2 Å². The van der Waals surface area contributed by atoms with Gasteiger partial charge in [0.25, 0.3) is 5.69 Å². The lowest BCUT2D eigenvalue weighted by molar-refractivity contribution is -0.384. The number of carbonyl (C=O) groups excluding carboxylic acids is 1. The Morgan fingerprint density at radius 1 is 1.20 bits per heavy atom. The Bertz CT molecular complexity index is 629. The van der Waals surface area contributed by atoms with Gasteiger partial charge >= 0.3 is 0 Å². The summed E-state index contributed by atoms with van der Waals surface area (Å²) in [6, 6.07) is 6.34. The highest BCUT2D eigenvalue weighted by molar-refractivity contribution is 5.87. The molecular formula is C18H26ClN3O3. The van der Waals surface area contributed by atoms with Crippen LogP contribution in [0.2, 0.25) is 0 Å². The maximum absolute atomic E-state index is 13.0. The van der Waals surface area contributed by atoms with Gasteiger partial charge in [-0.15, -0.1) is 12.4 Å². The fourth-order valence-electron chi connectivity index (χ4n) is 3.92. The number of nitrogens with zero attached hydrogens (tertiary/aromatic N) is 2. The molecule has 0 aliphatic carbocycles. The number of likely N-dealkylation sites (tertiary alicyclic amines) is 1. The third kappa shape index (κ3) is 3.80. The quantitative estimate of drug-likeness (QED) is 0.658. The van der Waals surface area contributed by atoms with Crippen molar-refractivity contribution in [2.24, 2.45) is 5.41 Å². The van der Waals surface area contributed by atoms with Gasteiger partial charge in [-0.25, -0.2) is 0 Å². The smallest absolute Gasteiger partial charge is 0.269 e. The van der Waals surface area contributed by atoms with E-state index in [9.17, 15) is 14.9 Å². The number of nitro groups is 1. The van der Waals surface area contributed by atoms with Crippen molar-refractivity contribution in [1.29, 1.82) is 0 Å². The first-order chi connectivity index (χ1) is 11.3. The van der Waals surface area contributed by atoms with Gasteiger partial charge in [0, 0.05) is 31.8 Å². The summed E-state index contributed by atoms with van der Waals surface area (Å²) in [6.45, 7) is 7.56.